The van der Waals surface area contributed by atoms with Crippen molar-refractivity contribution < 1.29 is 14.3 Å². The number of rotatable bonds is 5. The number of carbonyl (C=O) groups excluding carboxylic acids is 2. The van der Waals surface area contributed by atoms with Gasteiger partial charge in [0.1, 0.15) is 6.29 Å². The lowest BCUT2D eigenvalue weighted by molar-refractivity contribution is -0.141. The van der Waals surface area contributed by atoms with Crippen molar-refractivity contribution in [1.29, 1.82) is 0 Å². The van der Waals surface area contributed by atoms with Crippen molar-refractivity contribution >= 4 is 12.3 Å². The minimum atomic E-state index is -0.260. The number of esters is 1. The van der Waals surface area contributed by atoms with Gasteiger partial charge in [0.15, 0.2) is 0 Å². The highest BCUT2D eigenvalue weighted by atomic mass is 16.5. The van der Waals surface area contributed by atoms with Gasteiger partial charge in [-0.1, -0.05) is 6.08 Å². The van der Waals surface area contributed by atoms with Crippen LogP contribution in [0.5, 0.6) is 0 Å². The molecule has 0 N–H and O–H groups in total. The summed E-state index contributed by atoms with van der Waals surface area (Å²) in [6.45, 7) is 1.81. The summed E-state index contributed by atoms with van der Waals surface area (Å²) in [6, 6.07) is 0. The van der Waals surface area contributed by atoms with E-state index in [-0.39, 0.29) is 5.97 Å². The van der Waals surface area contributed by atoms with Crippen LogP contribution in [0.3, 0.4) is 0 Å². The summed E-state index contributed by atoms with van der Waals surface area (Å²) in [5.41, 5.74) is 0. The molecule has 0 aromatic carbocycles. The topological polar surface area (TPSA) is 43.4 Å². The molecule has 0 fully saturated rings. The summed E-state index contributed by atoms with van der Waals surface area (Å²) < 4.78 is 4.66. The molecule has 11 heavy (non-hydrogen) atoms. The molecule has 3 heteroatoms. The Labute approximate surface area is 66.0 Å². The Morgan fingerprint density at radius 1 is 1.55 bits per heavy atom. The maximum atomic E-state index is 10.2. The molecule has 0 saturated heterocycles. The van der Waals surface area contributed by atoms with Gasteiger partial charge < -0.3 is 4.74 Å². The fourth-order valence-corrected chi connectivity index (χ4v) is 0.569. The lowest BCUT2D eigenvalue weighted by Gasteiger charge is -1.97. The zero-order valence-electron chi connectivity index (χ0n) is 6.58. The molecule has 3 nitrogen and oxygen atoms in total. The number of ether oxygens (including phenoxy) is 1. The molecule has 0 aromatic heterocycles. The molecule has 0 heterocycles. The molecular weight excluding hydrogens is 144 g/mol. The molecule has 0 spiro atoms. The Hall–Kier alpha value is -1.12. The normalized spacial score (nSPS) is 9.91. The van der Waals surface area contributed by atoms with E-state index >= 15 is 0 Å². The van der Waals surface area contributed by atoms with E-state index in [1.54, 1.807) is 6.08 Å². The van der Waals surface area contributed by atoms with Crippen LogP contribution in [0, 0.1) is 0 Å². The first kappa shape index (κ1) is 9.88. The minimum absolute atomic E-state index is 0.260. The van der Waals surface area contributed by atoms with Crippen LogP contribution >= 0.6 is 0 Å². The zero-order valence-corrected chi connectivity index (χ0v) is 6.58. The third kappa shape index (κ3) is 8.88. The van der Waals surface area contributed by atoms with Gasteiger partial charge in [-0.25, -0.2) is 0 Å². The predicted molar refractivity (Wildman–Crippen MR) is 41.1 cm³/mol. The summed E-state index contributed by atoms with van der Waals surface area (Å²) in [4.78, 5) is 20.0. The van der Waals surface area contributed by atoms with Crippen LogP contribution in [0.4, 0.5) is 0 Å². The van der Waals surface area contributed by atoms with Gasteiger partial charge in [0.25, 0.3) is 0 Å². The van der Waals surface area contributed by atoms with Crippen molar-refractivity contribution in [3.63, 3.8) is 0 Å². The van der Waals surface area contributed by atoms with E-state index in [1.807, 2.05) is 0 Å². The first-order chi connectivity index (χ1) is 5.27. The van der Waals surface area contributed by atoms with Crippen LogP contribution in [0.15, 0.2) is 12.2 Å². The molecule has 0 amide bonds. The number of hydrogen-bond acceptors (Lipinski definition) is 3. The van der Waals surface area contributed by atoms with Crippen LogP contribution in [-0.4, -0.2) is 18.9 Å². The molecule has 0 radical (unpaired) electrons. The minimum Gasteiger partial charge on any atom is -0.466 e. The Morgan fingerprint density at radius 3 is 2.82 bits per heavy atom. The van der Waals surface area contributed by atoms with Crippen molar-refractivity contribution in [3.05, 3.63) is 12.2 Å². The smallest absolute Gasteiger partial charge is 0.302 e. The molecule has 62 valence electrons. The number of aldehydes is 1. The standard InChI is InChI=1S/C8H12O3/c1-8(10)11-7-5-3-2-4-6-9/h2,4,6H,3,5,7H2,1H3/b4-2+. The van der Waals surface area contributed by atoms with Gasteiger partial charge in [-0.2, -0.15) is 0 Å². The van der Waals surface area contributed by atoms with Gasteiger partial charge in [0, 0.05) is 6.92 Å². The third-order valence-electron chi connectivity index (χ3n) is 1.04. The van der Waals surface area contributed by atoms with E-state index in [0.717, 1.165) is 19.1 Å². The lowest BCUT2D eigenvalue weighted by atomic mass is 10.3. The second-order valence-corrected chi connectivity index (χ2v) is 2.05. The van der Waals surface area contributed by atoms with Gasteiger partial charge in [-0.3, -0.25) is 9.59 Å². The molecule has 0 bridgehead atoms. The van der Waals surface area contributed by atoms with E-state index in [0.29, 0.717) is 6.61 Å². The molecule has 0 aliphatic carbocycles. The zero-order chi connectivity index (χ0) is 8.53. The van der Waals surface area contributed by atoms with Crippen LogP contribution in [0.2, 0.25) is 0 Å². The molecule has 0 unspecified atom stereocenters. The quantitative estimate of drug-likeness (QED) is 0.259. The SMILES string of the molecule is CC(=O)OCCC/C=C/C=O. The van der Waals surface area contributed by atoms with Crippen LogP contribution < -0.4 is 0 Å². The fraction of sp³-hybridized carbons (Fsp3) is 0.500. The van der Waals surface area contributed by atoms with E-state index in [1.165, 1.54) is 13.0 Å². The monoisotopic (exact) mass is 156 g/mol. The third-order valence-corrected chi connectivity index (χ3v) is 1.04. The summed E-state index contributed by atoms with van der Waals surface area (Å²) in [5, 5.41) is 0. The van der Waals surface area contributed by atoms with Crippen molar-refractivity contribution in [2.45, 2.75) is 19.8 Å². The first-order valence-electron chi connectivity index (χ1n) is 3.51. The van der Waals surface area contributed by atoms with E-state index in [4.69, 9.17) is 0 Å². The molecular formula is C8H12O3. The molecule has 0 aliphatic heterocycles. The maximum absolute atomic E-state index is 10.2. The van der Waals surface area contributed by atoms with Crippen LogP contribution in [-0.2, 0) is 14.3 Å². The maximum Gasteiger partial charge on any atom is 0.302 e. The second-order valence-electron chi connectivity index (χ2n) is 2.05. The second kappa shape index (κ2) is 6.99. The van der Waals surface area contributed by atoms with E-state index in [2.05, 4.69) is 4.74 Å². The number of unbranched alkanes of at least 4 members (excludes halogenated alkanes) is 1. The molecule has 0 atom stereocenters. The number of allylic oxidation sites excluding steroid dienone is 2. The van der Waals surface area contributed by atoms with E-state index < -0.39 is 0 Å². The molecule has 0 aromatic rings. The summed E-state index contributed by atoms with van der Waals surface area (Å²) in [6.07, 6.45) is 5.45. The summed E-state index contributed by atoms with van der Waals surface area (Å²) in [7, 11) is 0. The summed E-state index contributed by atoms with van der Waals surface area (Å²) in [5.74, 6) is -0.260. The summed E-state index contributed by atoms with van der Waals surface area (Å²) >= 11 is 0. The van der Waals surface area contributed by atoms with Crippen molar-refractivity contribution in [1.82, 2.24) is 0 Å². The Balaban J connectivity index is 3.08. The Bertz CT molecular complexity index is 149. The van der Waals surface area contributed by atoms with Gasteiger partial charge >= 0.3 is 5.97 Å². The highest BCUT2D eigenvalue weighted by molar-refractivity contribution is 5.65. The van der Waals surface area contributed by atoms with Gasteiger partial charge in [-0.05, 0) is 18.9 Å². The van der Waals surface area contributed by atoms with Gasteiger partial charge in [-0.15, -0.1) is 0 Å². The Kier molecular flexibility index (Phi) is 6.28. The van der Waals surface area contributed by atoms with Crippen molar-refractivity contribution in [2.24, 2.45) is 0 Å². The first-order valence-corrected chi connectivity index (χ1v) is 3.51. The average molecular weight is 156 g/mol. The van der Waals surface area contributed by atoms with Crippen LogP contribution in [0.25, 0.3) is 0 Å². The fourth-order valence-electron chi connectivity index (χ4n) is 0.569. The average Bonchev–Trinajstić information content (AvgIpc) is 1.96. The predicted octanol–water partition coefficient (Wildman–Crippen LogP) is 1.08. The molecule has 0 rings (SSSR count). The largest absolute Gasteiger partial charge is 0.466 e. The highest BCUT2D eigenvalue weighted by Gasteiger charge is 1.89. The molecule has 0 aliphatic rings. The van der Waals surface area contributed by atoms with Crippen molar-refractivity contribution in [3.8, 4) is 0 Å². The number of carbonyl (C=O) groups is 2. The van der Waals surface area contributed by atoms with Gasteiger partial charge in [0.2, 0.25) is 0 Å². The Morgan fingerprint density at radius 2 is 2.27 bits per heavy atom. The lowest BCUT2D eigenvalue weighted by Crippen LogP contribution is -1.99. The molecule has 0 saturated carbocycles. The van der Waals surface area contributed by atoms with Crippen LogP contribution in [0.1, 0.15) is 19.8 Å². The van der Waals surface area contributed by atoms with Gasteiger partial charge in [0.05, 0.1) is 6.61 Å². The van der Waals surface area contributed by atoms with Crippen molar-refractivity contribution in [2.75, 3.05) is 6.61 Å². The number of hydrogen-bond donors (Lipinski definition) is 0. The van der Waals surface area contributed by atoms with E-state index in [9.17, 15) is 9.59 Å². The highest BCUT2D eigenvalue weighted by Crippen LogP contribution is 1.91.